The first-order chi connectivity index (χ1) is 10.2. The van der Waals surface area contributed by atoms with Crippen molar-refractivity contribution in [3.63, 3.8) is 0 Å². The van der Waals surface area contributed by atoms with Crippen LogP contribution in [0.25, 0.3) is 0 Å². The molecule has 0 aliphatic carbocycles. The molecule has 0 fully saturated rings. The lowest BCUT2D eigenvalue weighted by atomic mass is 10.2. The van der Waals surface area contributed by atoms with Crippen molar-refractivity contribution in [2.24, 2.45) is 5.73 Å². The van der Waals surface area contributed by atoms with E-state index in [0.29, 0.717) is 5.69 Å². The van der Waals surface area contributed by atoms with E-state index in [-0.39, 0.29) is 23.6 Å². The molecule has 0 spiro atoms. The van der Waals surface area contributed by atoms with Gasteiger partial charge in [0.05, 0.1) is 12.1 Å². The van der Waals surface area contributed by atoms with Crippen molar-refractivity contribution in [1.29, 1.82) is 0 Å². The Bertz CT molecular complexity index is 770. The van der Waals surface area contributed by atoms with Crippen LogP contribution in [0.3, 0.4) is 0 Å². The van der Waals surface area contributed by atoms with Gasteiger partial charge in [0.15, 0.2) is 0 Å². The number of imide groups is 1. The summed E-state index contributed by atoms with van der Waals surface area (Å²) in [5.41, 5.74) is 6.18. The number of fused-ring (bicyclic) bond motifs is 1. The zero-order chi connectivity index (χ0) is 14.8. The van der Waals surface area contributed by atoms with E-state index in [4.69, 9.17) is 5.73 Å². The van der Waals surface area contributed by atoms with E-state index in [9.17, 15) is 9.59 Å². The van der Waals surface area contributed by atoms with Crippen LogP contribution in [0.5, 0.6) is 0 Å². The quantitative estimate of drug-likeness (QED) is 0.609. The Labute approximate surface area is 120 Å². The Morgan fingerprint density at radius 2 is 2.00 bits per heavy atom. The average molecular weight is 278 g/mol. The lowest BCUT2D eigenvalue weighted by Gasteiger charge is -2.12. The maximum absolute atomic E-state index is 12.3. The predicted molar refractivity (Wildman–Crippen MR) is 75.5 cm³/mol. The molecule has 0 atom stereocenters. The Hall–Kier alpha value is -3.04. The summed E-state index contributed by atoms with van der Waals surface area (Å²) in [7, 11) is 0. The van der Waals surface area contributed by atoms with E-state index < -0.39 is 11.8 Å². The van der Waals surface area contributed by atoms with E-state index in [1.807, 2.05) is 0 Å². The van der Waals surface area contributed by atoms with Crippen molar-refractivity contribution in [1.82, 2.24) is 9.97 Å². The van der Waals surface area contributed by atoms with Crippen molar-refractivity contribution in [3.8, 4) is 11.8 Å². The van der Waals surface area contributed by atoms with Crippen molar-refractivity contribution >= 4 is 17.6 Å². The number of anilines is 1. The summed E-state index contributed by atoms with van der Waals surface area (Å²) in [4.78, 5) is 33.7. The molecule has 2 aromatic heterocycles. The fraction of sp³-hybridized carbons (Fsp3) is 0.0667. The number of nitrogens with two attached hydrogens (primary N) is 1. The van der Waals surface area contributed by atoms with Crippen LogP contribution in [-0.2, 0) is 0 Å². The summed E-state index contributed by atoms with van der Waals surface area (Å²) >= 11 is 0. The molecular weight excluding hydrogens is 268 g/mol. The van der Waals surface area contributed by atoms with Crippen LogP contribution >= 0.6 is 0 Å². The Morgan fingerprint density at radius 3 is 2.76 bits per heavy atom. The van der Waals surface area contributed by atoms with Gasteiger partial charge < -0.3 is 5.73 Å². The zero-order valence-corrected chi connectivity index (χ0v) is 10.9. The minimum Gasteiger partial charge on any atom is -0.320 e. The standard InChI is InChI=1S/C15H10N4O2/c16-8-2-5-10-4-1-7-12(18-10)19-14(20)11-6-3-9-17-13(11)15(19)21/h1,3-4,6-7,9H,8,16H2. The topological polar surface area (TPSA) is 89.2 Å². The van der Waals surface area contributed by atoms with Gasteiger partial charge in [0.25, 0.3) is 11.8 Å². The van der Waals surface area contributed by atoms with Gasteiger partial charge in [-0.1, -0.05) is 12.0 Å². The molecule has 0 saturated carbocycles. The highest BCUT2D eigenvalue weighted by atomic mass is 16.2. The second-order valence-electron chi connectivity index (χ2n) is 4.23. The summed E-state index contributed by atoms with van der Waals surface area (Å²) in [5, 5.41) is 0. The normalized spacial score (nSPS) is 12.9. The number of pyridine rings is 2. The van der Waals surface area contributed by atoms with Crippen LogP contribution in [0.1, 0.15) is 26.5 Å². The van der Waals surface area contributed by atoms with E-state index in [0.717, 1.165) is 4.90 Å². The van der Waals surface area contributed by atoms with Crippen LogP contribution < -0.4 is 10.6 Å². The molecule has 0 unspecified atom stereocenters. The van der Waals surface area contributed by atoms with Gasteiger partial charge in [-0.05, 0) is 30.2 Å². The second kappa shape index (κ2) is 5.15. The maximum atomic E-state index is 12.3. The average Bonchev–Trinajstić information content (AvgIpc) is 2.78. The summed E-state index contributed by atoms with van der Waals surface area (Å²) in [6, 6.07) is 8.13. The lowest BCUT2D eigenvalue weighted by molar-refractivity contribution is 0.0923. The van der Waals surface area contributed by atoms with E-state index in [1.165, 1.54) is 6.20 Å². The molecule has 21 heavy (non-hydrogen) atoms. The van der Waals surface area contributed by atoms with Gasteiger partial charge in [0.1, 0.15) is 17.2 Å². The Morgan fingerprint density at radius 1 is 1.14 bits per heavy atom. The third-order valence-corrected chi connectivity index (χ3v) is 2.93. The smallest absolute Gasteiger partial charge is 0.285 e. The molecule has 0 saturated heterocycles. The van der Waals surface area contributed by atoms with Crippen LogP contribution in [-0.4, -0.2) is 28.3 Å². The molecule has 2 N–H and O–H groups in total. The third kappa shape index (κ3) is 2.16. The SMILES string of the molecule is NCC#Cc1cccc(N2C(=O)c3cccnc3C2=O)n1. The number of carbonyl (C=O) groups excluding carboxylic acids is 2. The number of hydrogen-bond acceptors (Lipinski definition) is 5. The molecule has 0 bridgehead atoms. The molecule has 3 heterocycles. The lowest BCUT2D eigenvalue weighted by Crippen LogP contribution is -2.30. The van der Waals surface area contributed by atoms with Gasteiger partial charge in [-0.25, -0.2) is 9.88 Å². The van der Waals surface area contributed by atoms with Crippen LogP contribution in [0, 0.1) is 11.8 Å². The van der Waals surface area contributed by atoms with Gasteiger partial charge in [-0.15, -0.1) is 0 Å². The fourth-order valence-corrected chi connectivity index (χ4v) is 2.03. The van der Waals surface area contributed by atoms with Crippen molar-refractivity contribution < 1.29 is 9.59 Å². The van der Waals surface area contributed by atoms with Crippen molar-refractivity contribution in [2.75, 3.05) is 11.4 Å². The molecule has 6 heteroatoms. The minimum absolute atomic E-state index is 0.141. The third-order valence-electron chi connectivity index (χ3n) is 2.93. The summed E-state index contributed by atoms with van der Waals surface area (Å²) in [5.74, 6) is 4.76. The highest BCUT2D eigenvalue weighted by Gasteiger charge is 2.38. The first kappa shape index (κ1) is 13.0. The summed E-state index contributed by atoms with van der Waals surface area (Å²) in [6.45, 7) is 0.211. The number of hydrogen-bond donors (Lipinski definition) is 1. The largest absolute Gasteiger partial charge is 0.320 e. The molecule has 2 aromatic rings. The van der Waals surface area contributed by atoms with E-state index in [2.05, 4.69) is 21.8 Å². The highest BCUT2D eigenvalue weighted by Crippen LogP contribution is 2.25. The van der Waals surface area contributed by atoms with Gasteiger partial charge >= 0.3 is 0 Å². The zero-order valence-electron chi connectivity index (χ0n) is 10.9. The van der Waals surface area contributed by atoms with Gasteiger partial charge in [0.2, 0.25) is 0 Å². The van der Waals surface area contributed by atoms with Gasteiger partial charge in [0, 0.05) is 6.20 Å². The van der Waals surface area contributed by atoms with E-state index >= 15 is 0 Å². The number of carbonyl (C=O) groups is 2. The number of nitrogens with zero attached hydrogens (tertiary/aromatic N) is 3. The van der Waals surface area contributed by atoms with Gasteiger partial charge in [-0.2, -0.15) is 0 Å². The van der Waals surface area contributed by atoms with Gasteiger partial charge in [-0.3, -0.25) is 14.6 Å². The maximum Gasteiger partial charge on any atom is 0.285 e. The Balaban J connectivity index is 2.03. The number of amides is 2. The first-order valence-electron chi connectivity index (χ1n) is 6.22. The molecule has 1 aliphatic rings. The highest BCUT2D eigenvalue weighted by molar-refractivity contribution is 6.33. The predicted octanol–water partition coefficient (Wildman–Crippen LogP) is 0.587. The molecule has 3 rings (SSSR count). The van der Waals surface area contributed by atoms with Crippen LogP contribution in [0.15, 0.2) is 36.5 Å². The van der Waals surface area contributed by atoms with Crippen molar-refractivity contribution in [3.05, 3.63) is 53.5 Å². The fourth-order valence-electron chi connectivity index (χ4n) is 2.03. The van der Waals surface area contributed by atoms with E-state index in [1.54, 1.807) is 30.3 Å². The first-order valence-corrected chi connectivity index (χ1v) is 6.22. The molecule has 0 radical (unpaired) electrons. The second-order valence-corrected chi connectivity index (χ2v) is 4.23. The van der Waals surface area contributed by atoms with Crippen LogP contribution in [0.4, 0.5) is 5.82 Å². The molecule has 0 aromatic carbocycles. The molecule has 2 amide bonds. The number of rotatable bonds is 1. The Kier molecular flexibility index (Phi) is 3.18. The monoisotopic (exact) mass is 278 g/mol. The summed E-state index contributed by atoms with van der Waals surface area (Å²) in [6.07, 6.45) is 1.48. The molecular formula is C15H10N4O2. The number of aromatic nitrogens is 2. The van der Waals surface area contributed by atoms with Crippen LogP contribution in [0.2, 0.25) is 0 Å². The van der Waals surface area contributed by atoms with Crippen molar-refractivity contribution in [2.45, 2.75) is 0 Å². The molecule has 6 nitrogen and oxygen atoms in total. The summed E-state index contributed by atoms with van der Waals surface area (Å²) < 4.78 is 0. The minimum atomic E-state index is -0.480. The molecule has 1 aliphatic heterocycles. The molecule has 102 valence electrons.